The summed E-state index contributed by atoms with van der Waals surface area (Å²) in [4.78, 5) is 16.6. The number of benzene rings is 3. The van der Waals surface area contributed by atoms with Gasteiger partial charge in [-0.1, -0.05) is 41.9 Å². The van der Waals surface area contributed by atoms with Crippen LogP contribution >= 0.6 is 11.6 Å². The summed E-state index contributed by atoms with van der Waals surface area (Å²) in [5, 5.41) is 3.45. The molecule has 0 saturated carbocycles. The van der Waals surface area contributed by atoms with E-state index < -0.39 is 0 Å². The number of methoxy groups -OCH3 is 1. The molecule has 4 rings (SSSR count). The van der Waals surface area contributed by atoms with Gasteiger partial charge >= 0.3 is 6.03 Å². The number of nitrogens with zero attached hydrogens (tertiary/aromatic N) is 2. The van der Waals surface area contributed by atoms with E-state index in [1.807, 2.05) is 48.5 Å². The van der Waals surface area contributed by atoms with E-state index >= 15 is 0 Å². The maximum Gasteiger partial charge on any atom is 0.321 e. The van der Waals surface area contributed by atoms with Crippen molar-refractivity contribution in [3.8, 4) is 5.75 Å². The molecular formula is C27H29ClFN3O3. The molecule has 1 fully saturated rings. The van der Waals surface area contributed by atoms with E-state index in [4.69, 9.17) is 21.1 Å². The first-order chi connectivity index (χ1) is 17.0. The summed E-state index contributed by atoms with van der Waals surface area (Å²) in [5.41, 5.74) is 2.48. The number of carbonyl (C=O) groups is 1. The molecule has 6 nitrogen and oxygen atoms in total. The van der Waals surface area contributed by atoms with Crippen molar-refractivity contribution in [3.63, 3.8) is 0 Å². The first kappa shape index (κ1) is 25.0. The van der Waals surface area contributed by atoms with Crippen LogP contribution in [0.25, 0.3) is 0 Å². The maximum absolute atomic E-state index is 13.4. The quantitative estimate of drug-likeness (QED) is 0.440. The van der Waals surface area contributed by atoms with Gasteiger partial charge in [-0.05, 0) is 53.6 Å². The van der Waals surface area contributed by atoms with Crippen molar-refractivity contribution < 1.29 is 18.7 Å². The van der Waals surface area contributed by atoms with Gasteiger partial charge in [0, 0.05) is 43.4 Å². The van der Waals surface area contributed by atoms with Gasteiger partial charge in [-0.3, -0.25) is 4.90 Å². The van der Waals surface area contributed by atoms with Crippen LogP contribution in [0.3, 0.4) is 0 Å². The lowest BCUT2D eigenvalue weighted by Crippen LogP contribution is -2.50. The summed E-state index contributed by atoms with van der Waals surface area (Å²) in [7, 11) is 1.65. The van der Waals surface area contributed by atoms with E-state index in [9.17, 15) is 9.18 Å². The number of hydrogen-bond acceptors (Lipinski definition) is 4. The number of amides is 2. The second-order valence-electron chi connectivity index (χ2n) is 8.43. The fourth-order valence-electron chi connectivity index (χ4n) is 4.06. The minimum atomic E-state index is -0.381. The number of piperazine rings is 1. The molecule has 0 aromatic heterocycles. The Labute approximate surface area is 210 Å². The SMILES string of the molecule is COc1cccc([C@@H](CN2CCN(C(=O)Nc3cccc(F)c3)CC2)OCc2cccc(Cl)c2)c1. The van der Waals surface area contributed by atoms with E-state index in [1.165, 1.54) is 12.1 Å². The molecule has 0 aliphatic carbocycles. The highest BCUT2D eigenvalue weighted by atomic mass is 35.5. The van der Waals surface area contributed by atoms with Crippen molar-refractivity contribution in [1.29, 1.82) is 0 Å². The highest BCUT2D eigenvalue weighted by molar-refractivity contribution is 6.30. The van der Waals surface area contributed by atoms with Crippen molar-refractivity contribution in [2.75, 3.05) is 45.2 Å². The van der Waals surface area contributed by atoms with Gasteiger partial charge in [0.2, 0.25) is 0 Å². The highest BCUT2D eigenvalue weighted by Gasteiger charge is 2.24. The molecule has 1 N–H and O–H groups in total. The van der Waals surface area contributed by atoms with Crippen LogP contribution in [0.15, 0.2) is 72.8 Å². The van der Waals surface area contributed by atoms with Gasteiger partial charge < -0.3 is 19.7 Å². The average Bonchev–Trinajstić information content (AvgIpc) is 2.87. The van der Waals surface area contributed by atoms with Crippen molar-refractivity contribution in [2.24, 2.45) is 0 Å². The average molecular weight is 498 g/mol. The van der Waals surface area contributed by atoms with Crippen molar-refractivity contribution >= 4 is 23.3 Å². The number of ether oxygens (including phenoxy) is 2. The molecule has 8 heteroatoms. The molecule has 1 heterocycles. The van der Waals surface area contributed by atoms with Gasteiger partial charge in [0.15, 0.2) is 0 Å². The van der Waals surface area contributed by atoms with Gasteiger partial charge in [0.25, 0.3) is 0 Å². The van der Waals surface area contributed by atoms with Gasteiger partial charge in [0.05, 0.1) is 19.8 Å². The van der Waals surface area contributed by atoms with Gasteiger partial charge in [-0.2, -0.15) is 0 Å². The molecule has 2 amide bonds. The standard InChI is InChI=1S/C27H29ClFN3O3/c1-34-25-10-3-6-21(16-25)26(35-19-20-5-2-7-22(28)15-20)18-31-11-13-32(14-12-31)27(33)30-24-9-4-8-23(29)17-24/h2-10,15-17,26H,11-14,18-19H2,1H3,(H,30,33)/t26-/m1/s1. The Morgan fingerprint density at radius 3 is 2.54 bits per heavy atom. The van der Waals surface area contributed by atoms with E-state index in [1.54, 1.807) is 24.1 Å². The summed E-state index contributed by atoms with van der Waals surface area (Å²) in [6.07, 6.45) is -0.184. The molecular weight excluding hydrogens is 469 g/mol. The third-order valence-electron chi connectivity index (χ3n) is 5.97. The Kier molecular flexibility index (Phi) is 8.58. The van der Waals surface area contributed by atoms with Crippen LogP contribution in [0.1, 0.15) is 17.2 Å². The van der Waals surface area contributed by atoms with Crippen molar-refractivity contribution in [2.45, 2.75) is 12.7 Å². The lowest BCUT2D eigenvalue weighted by atomic mass is 10.1. The van der Waals surface area contributed by atoms with Crippen LogP contribution in [0.4, 0.5) is 14.9 Å². The molecule has 0 bridgehead atoms. The molecule has 1 saturated heterocycles. The first-order valence-corrected chi connectivity index (χ1v) is 11.9. The summed E-state index contributed by atoms with van der Waals surface area (Å²) in [6, 6.07) is 21.2. The molecule has 1 atom stereocenters. The van der Waals surface area contributed by atoms with E-state index in [0.717, 1.165) is 16.9 Å². The van der Waals surface area contributed by atoms with E-state index in [0.29, 0.717) is 50.0 Å². The molecule has 0 spiro atoms. The molecule has 35 heavy (non-hydrogen) atoms. The van der Waals surface area contributed by atoms with Crippen molar-refractivity contribution in [3.05, 3.63) is 94.8 Å². The number of hydrogen-bond donors (Lipinski definition) is 1. The van der Waals surface area contributed by atoms with Crippen molar-refractivity contribution in [1.82, 2.24) is 9.80 Å². The monoisotopic (exact) mass is 497 g/mol. The smallest absolute Gasteiger partial charge is 0.321 e. The predicted octanol–water partition coefficient (Wildman–Crippen LogP) is 5.60. The normalized spacial score (nSPS) is 15.0. The summed E-state index contributed by atoms with van der Waals surface area (Å²) in [5.74, 6) is 0.395. The zero-order valence-corrected chi connectivity index (χ0v) is 20.4. The number of rotatable bonds is 8. The zero-order chi connectivity index (χ0) is 24.6. The molecule has 3 aromatic carbocycles. The number of nitrogens with one attached hydrogen (secondary N) is 1. The molecule has 0 radical (unpaired) electrons. The van der Waals surface area contributed by atoms with Crippen LogP contribution in [0.2, 0.25) is 5.02 Å². The topological polar surface area (TPSA) is 54.0 Å². The highest BCUT2D eigenvalue weighted by Crippen LogP contribution is 2.25. The largest absolute Gasteiger partial charge is 0.497 e. The second-order valence-corrected chi connectivity index (χ2v) is 8.87. The van der Waals surface area contributed by atoms with Gasteiger partial charge in [0.1, 0.15) is 11.6 Å². The number of anilines is 1. The van der Waals surface area contributed by atoms with Crippen LogP contribution in [0.5, 0.6) is 5.75 Å². The lowest BCUT2D eigenvalue weighted by molar-refractivity contribution is 0.00584. The number of urea groups is 1. The van der Waals surface area contributed by atoms with Crippen LogP contribution in [-0.4, -0.2) is 55.7 Å². The molecule has 0 unspecified atom stereocenters. The third kappa shape index (κ3) is 7.18. The first-order valence-electron chi connectivity index (χ1n) is 11.5. The molecule has 3 aromatic rings. The summed E-state index contributed by atoms with van der Waals surface area (Å²) in [6.45, 7) is 3.65. The molecule has 1 aliphatic rings. The number of carbonyl (C=O) groups excluding carboxylic acids is 1. The third-order valence-corrected chi connectivity index (χ3v) is 6.20. The Hall–Kier alpha value is -3.13. The minimum Gasteiger partial charge on any atom is -0.497 e. The summed E-state index contributed by atoms with van der Waals surface area (Å²) >= 11 is 6.13. The fraction of sp³-hybridized carbons (Fsp3) is 0.296. The Balaban J connectivity index is 1.37. The van der Waals surface area contributed by atoms with E-state index in [-0.39, 0.29) is 18.0 Å². The maximum atomic E-state index is 13.4. The second kappa shape index (κ2) is 12.0. The Morgan fingerprint density at radius 1 is 1.03 bits per heavy atom. The summed E-state index contributed by atoms with van der Waals surface area (Å²) < 4.78 is 25.2. The Morgan fingerprint density at radius 2 is 1.80 bits per heavy atom. The fourth-order valence-corrected chi connectivity index (χ4v) is 4.27. The lowest BCUT2D eigenvalue weighted by Gasteiger charge is -2.36. The Bertz CT molecular complexity index is 1140. The van der Waals surface area contributed by atoms with Gasteiger partial charge in [-0.25, -0.2) is 9.18 Å². The molecule has 1 aliphatic heterocycles. The number of halogens is 2. The van der Waals surface area contributed by atoms with Crippen LogP contribution in [0, 0.1) is 5.82 Å². The predicted molar refractivity (Wildman–Crippen MR) is 135 cm³/mol. The van der Waals surface area contributed by atoms with Gasteiger partial charge in [-0.15, -0.1) is 0 Å². The van der Waals surface area contributed by atoms with Crippen LogP contribution in [-0.2, 0) is 11.3 Å². The molecule has 184 valence electrons. The minimum absolute atomic E-state index is 0.184. The zero-order valence-electron chi connectivity index (χ0n) is 19.6. The van der Waals surface area contributed by atoms with Crippen LogP contribution < -0.4 is 10.1 Å². The van der Waals surface area contributed by atoms with E-state index in [2.05, 4.69) is 10.2 Å².